The Labute approximate surface area is 168 Å². The molecule has 3 nitrogen and oxygen atoms in total. The van der Waals surface area contributed by atoms with E-state index in [-0.39, 0.29) is 0 Å². The second-order valence-electron chi connectivity index (χ2n) is 5.91. The van der Waals surface area contributed by atoms with E-state index < -0.39 is 5.97 Å². The predicted molar refractivity (Wildman–Crippen MR) is 112 cm³/mol. The fourth-order valence-electron chi connectivity index (χ4n) is 2.51. The Morgan fingerprint density at radius 3 is 2.36 bits per heavy atom. The number of nitrogens with zero attached hydrogens (tertiary/aromatic N) is 1. The molecule has 0 heterocycles. The molecule has 0 spiro atoms. The van der Waals surface area contributed by atoms with Gasteiger partial charge in [-0.2, -0.15) is 5.26 Å². The second kappa shape index (κ2) is 9.36. The van der Waals surface area contributed by atoms with E-state index in [2.05, 4.69) is 6.07 Å². The summed E-state index contributed by atoms with van der Waals surface area (Å²) < 4.78 is 5.29. The van der Waals surface area contributed by atoms with Crippen LogP contribution < -0.4 is 4.74 Å². The van der Waals surface area contributed by atoms with Gasteiger partial charge >= 0.3 is 5.97 Å². The van der Waals surface area contributed by atoms with Crippen LogP contribution >= 0.6 is 11.6 Å². The summed E-state index contributed by atoms with van der Waals surface area (Å²) in [7, 11) is 0. The molecule has 0 radical (unpaired) electrons. The normalized spacial score (nSPS) is 11.2. The van der Waals surface area contributed by atoms with Crippen LogP contribution in [0.15, 0.2) is 84.9 Å². The highest BCUT2D eigenvalue weighted by Gasteiger charge is 2.04. The fourth-order valence-corrected chi connectivity index (χ4v) is 2.70. The fraction of sp³-hybridized carbons (Fsp3) is 0. The van der Waals surface area contributed by atoms with Crippen molar-refractivity contribution in [3.05, 3.63) is 107 Å². The maximum Gasteiger partial charge on any atom is 0.336 e. The highest BCUT2D eigenvalue weighted by Crippen LogP contribution is 2.22. The first-order valence-electron chi connectivity index (χ1n) is 8.57. The van der Waals surface area contributed by atoms with Crippen molar-refractivity contribution < 1.29 is 9.53 Å². The van der Waals surface area contributed by atoms with Gasteiger partial charge < -0.3 is 4.74 Å². The quantitative estimate of drug-likeness (QED) is 0.177. The first kappa shape index (κ1) is 19.2. The molecule has 0 aliphatic heterocycles. The standard InChI is InChI=1S/C24H16ClNO2/c25-22-8-4-7-20(16-22)21(17-26)15-19-9-12-23(13-10-19)28-24(27)14-11-18-5-2-1-3-6-18/h1-16H/b14-11+,21-15-. The number of ether oxygens (including phenoxy) is 1. The minimum Gasteiger partial charge on any atom is -0.423 e. The maximum atomic E-state index is 11.9. The summed E-state index contributed by atoms with van der Waals surface area (Å²) in [5, 5.41) is 9.99. The van der Waals surface area contributed by atoms with Gasteiger partial charge in [0.2, 0.25) is 0 Å². The van der Waals surface area contributed by atoms with Gasteiger partial charge in [0.15, 0.2) is 0 Å². The molecule has 3 aromatic carbocycles. The van der Waals surface area contributed by atoms with Gasteiger partial charge in [-0.1, -0.05) is 66.2 Å². The molecule has 3 rings (SSSR count). The minimum atomic E-state index is -0.455. The molecular formula is C24H16ClNO2. The number of benzene rings is 3. The van der Waals surface area contributed by atoms with Gasteiger partial charge in [-0.3, -0.25) is 0 Å². The van der Waals surface area contributed by atoms with Crippen molar-refractivity contribution >= 4 is 35.3 Å². The highest BCUT2D eigenvalue weighted by molar-refractivity contribution is 6.30. The van der Waals surface area contributed by atoms with Gasteiger partial charge in [0.05, 0.1) is 11.6 Å². The van der Waals surface area contributed by atoms with Gasteiger partial charge in [0.25, 0.3) is 0 Å². The first-order chi connectivity index (χ1) is 13.6. The summed E-state index contributed by atoms with van der Waals surface area (Å²) in [5.41, 5.74) is 2.98. The van der Waals surface area contributed by atoms with E-state index in [1.807, 2.05) is 36.4 Å². The van der Waals surface area contributed by atoms with Crippen LogP contribution in [0.2, 0.25) is 5.02 Å². The Hall–Kier alpha value is -3.61. The van der Waals surface area contributed by atoms with Crippen molar-refractivity contribution in [2.45, 2.75) is 0 Å². The monoisotopic (exact) mass is 385 g/mol. The molecule has 0 aromatic heterocycles. The van der Waals surface area contributed by atoms with Crippen LogP contribution in [0, 0.1) is 11.3 Å². The first-order valence-corrected chi connectivity index (χ1v) is 8.94. The summed E-state index contributed by atoms with van der Waals surface area (Å²) >= 11 is 5.99. The molecule has 28 heavy (non-hydrogen) atoms. The number of allylic oxidation sites excluding steroid dienone is 1. The number of rotatable bonds is 5. The number of carbonyl (C=O) groups excluding carboxylic acids is 1. The summed E-state index contributed by atoms with van der Waals surface area (Å²) in [6.45, 7) is 0. The zero-order chi connectivity index (χ0) is 19.8. The predicted octanol–water partition coefficient (Wildman–Crippen LogP) is 6.02. The lowest BCUT2D eigenvalue weighted by Gasteiger charge is -2.03. The van der Waals surface area contributed by atoms with Crippen molar-refractivity contribution in [1.82, 2.24) is 0 Å². The van der Waals surface area contributed by atoms with Crippen LogP contribution in [-0.2, 0) is 4.79 Å². The molecule has 0 N–H and O–H groups in total. The number of nitriles is 1. The molecule has 3 aromatic rings. The Morgan fingerprint density at radius 1 is 0.929 bits per heavy atom. The minimum absolute atomic E-state index is 0.432. The van der Waals surface area contributed by atoms with E-state index in [0.717, 1.165) is 16.7 Å². The average molecular weight is 386 g/mol. The molecule has 0 saturated carbocycles. The van der Waals surface area contributed by atoms with Crippen LogP contribution in [0.25, 0.3) is 17.7 Å². The maximum absolute atomic E-state index is 11.9. The Balaban J connectivity index is 1.68. The van der Waals surface area contributed by atoms with Gasteiger partial charge in [-0.25, -0.2) is 4.79 Å². The van der Waals surface area contributed by atoms with E-state index in [0.29, 0.717) is 16.3 Å². The second-order valence-corrected chi connectivity index (χ2v) is 6.35. The molecule has 0 atom stereocenters. The van der Waals surface area contributed by atoms with Crippen molar-refractivity contribution in [1.29, 1.82) is 5.26 Å². The van der Waals surface area contributed by atoms with Gasteiger partial charge in [0.1, 0.15) is 5.75 Å². The molecule has 0 fully saturated rings. The van der Waals surface area contributed by atoms with Crippen LogP contribution in [0.4, 0.5) is 0 Å². The lowest BCUT2D eigenvalue weighted by Crippen LogP contribution is -2.03. The number of hydrogen-bond donors (Lipinski definition) is 0. The van der Waals surface area contributed by atoms with Crippen molar-refractivity contribution in [3.63, 3.8) is 0 Å². The lowest BCUT2D eigenvalue weighted by atomic mass is 10.0. The smallest absolute Gasteiger partial charge is 0.336 e. The molecular weight excluding hydrogens is 370 g/mol. The van der Waals surface area contributed by atoms with Crippen LogP contribution in [0.1, 0.15) is 16.7 Å². The van der Waals surface area contributed by atoms with Gasteiger partial charge in [-0.05, 0) is 53.1 Å². The van der Waals surface area contributed by atoms with Crippen LogP contribution in [0.5, 0.6) is 5.75 Å². The largest absolute Gasteiger partial charge is 0.423 e. The van der Waals surface area contributed by atoms with E-state index in [1.54, 1.807) is 54.6 Å². The number of esters is 1. The molecule has 0 amide bonds. The lowest BCUT2D eigenvalue weighted by molar-refractivity contribution is -0.128. The van der Waals surface area contributed by atoms with Crippen molar-refractivity contribution in [2.75, 3.05) is 0 Å². The molecule has 0 unspecified atom stereocenters. The summed E-state index contributed by atoms with van der Waals surface area (Å²) in [4.78, 5) is 11.9. The topological polar surface area (TPSA) is 50.1 Å². The van der Waals surface area contributed by atoms with E-state index in [9.17, 15) is 10.1 Å². The zero-order valence-corrected chi connectivity index (χ0v) is 15.6. The molecule has 0 bridgehead atoms. The third kappa shape index (κ3) is 5.44. The number of hydrogen-bond acceptors (Lipinski definition) is 3. The van der Waals surface area contributed by atoms with Crippen LogP contribution in [-0.4, -0.2) is 5.97 Å². The number of carbonyl (C=O) groups is 1. The van der Waals surface area contributed by atoms with Gasteiger partial charge in [0, 0.05) is 11.1 Å². The third-order valence-corrected chi connectivity index (χ3v) is 4.11. The zero-order valence-electron chi connectivity index (χ0n) is 14.9. The Bertz CT molecular complexity index is 1060. The molecule has 4 heteroatoms. The molecule has 0 aliphatic carbocycles. The van der Waals surface area contributed by atoms with Gasteiger partial charge in [-0.15, -0.1) is 0 Å². The Morgan fingerprint density at radius 2 is 1.68 bits per heavy atom. The summed E-state index contributed by atoms with van der Waals surface area (Å²) in [6, 6.07) is 25.8. The molecule has 136 valence electrons. The molecule has 0 saturated heterocycles. The summed E-state index contributed by atoms with van der Waals surface area (Å²) in [6.07, 6.45) is 4.84. The SMILES string of the molecule is N#C/C(=C/c1ccc(OC(=O)/C=C/c2ccccc2)cc1)c1cccc(Cl)c1. The number of halogens is 1. The Kier molecular flexibility index (Phi) is 6.41. The van der Waals surface area contributed by atoms with Crippen LogP contribution in [0.3, 0.4) is 0 Å². The van der Waals surface area contributed by atoms with E-state index >= 15 is 0 Å². The highest BCUT2D eigenvalue weighted by atomic mass is 35.5. The van der Waals surface area contributed by atoms with E-state index in [1.165, 1.54) is 6.08 Å². The molecule has 0 aliphatic rings. The summed E-state index contributed by atoms with van der Waals surface area (Å²) in [5.74, 6) is -0.0232. The third-order valence-electron chi connectivity index (χ3n) is 3.88. The average Bonchev–Trinajstić information content (AvgIpc) is 2.72. The van der Waals surface area contributed by atoms with Crippen molar-refractivity contribution in [3.8, 4) is 11.8 Å². The van der Waals surface area contributed by atoms with Crippen molar-refractivity contribution in [2.24, 2.45) is 0 Å². The van der Waals surface area contributed by atoms with E-state index in [4.69, 9.17) is 16.3 Å².